The molecule has 0 fully saturated rings. The number of rotatable bonds is 7. The summed E-state index contributed by atoms with van der Waals surface area (Å²) in [7, 11) is 0. The van der Waals surface area contributed by atoms with Crippen molar-refractivity contribution in [2.45, 2.75) is 12.4 Å². The number of thioether (sulfide) groups is 1. The fraction of sp³-hybridized carbons (Fsp3) is 0.0909. The molecule has 0 aliphatic heterocycles. The van der Waals surface area contributed by atoms with E-state index in [1.165, 1.54) is 18.0 Å². The standard InChI is InChI=1S/C22H18F3N3OS/c23-19-10-18(11-20(24)21(19)25)29-13-17-9-5-4-8-16(17)12-27-28-22(26)30-14-15-6-2-1-3-7-15/h1-12H,13-14H2,(H2,26,28). The van der Waals surface area contributed by atoms with E-state index < -0.39 is 17.5 Å². The highest BCUT2D eigenvalue weighted by molar-refractivity contribution is 8.13. The highest BCUT2D eigenvalue weighted by Crippen LogP contribution is 2.21. The summed E-state index contributed by atoms with van der Waals surface area (Å²) < 4.78 is 45.1. The van der Waals surface area contributed by atoms with E-state index in [-0.39, 0.29) is 12.4 Å². The predicted molar refractivity (Wildman–Crippen MR) is 114 cm³/mol. The molecule has 0 aromatic heterocycles. The molecule has 0 amide bonds. The monoisotopic (exact) mass is 429 g/mol. The smallest absolute Gasteiger partial charge is 0.194 e. The summed E-state index contributed by atoms with van der Waals surface area (Å²) in [5, 5.41) is 8.29. The van der Waals surface area contributed by atoms with Crippen molar-refractivity contribution in [1.29, 1.82) is 0 Å². The third-order valence-electron chi connectivity index (χ3n) is 3.99. The maximum atomic E-state index is 13.3. The van der Waals surface area contributed by atoms with Crippen LogP contribution in [-0.4, -0.2) is 11.4 Å². The second kappa shape index (κ2) is 10.5. The lowest BCUT2D eigenvalue weighted by Gasteiger charge is -2.09. The minimum atomic E-state index is -1.53. The van der Waals surface area contributed by atoms with E-state index in [1.54, 1.807) is 24.3 Å². The summed E-state index contributed by atoms with van der Waals surface area (Å²) in [5.41, 5.74) is 8.40. The van der Waals surface area contributed by atoms with Crippen LogP contribution >= 0.6 is 11.8 Å². The molecule has 30 heavy (non-hydrogen) atoms. The molecule has 0 saturated heterocycles. The van der Waals surface area contributed by atoms with Gasteiger partial charge in [-0.05, 0) is 11.1 Å². The average molecular weight is 429 g/mol. The first-order valence-corrected chi connectivity index (χ1v) is 9.90. The van der Waals surface area contributed by atoms with E-state index in [2.05, 4.69) is 10.2 Å². The summed E-state index contributed by atoms with van der Waals surface area (Å²) in [4.78, 5) is 0. The van der Waals surface area contributed by atoms with Gasteiger partial charge in [-0.25, -0.2) is 13.2 Å². The van der Waals surface area contributed by atoms with Gasteiger partial charge >= 0.3 is 0 Å². The molecule has 3 aromatic rings. The first kappa shape index (κ1) is 21.4. The minimum Gasteiger partial charge on any atom is -0.489 e. The Morgan fingerprint density at radius 3 is 2.37 bits per heavy atom. The van der Waals surface area contributed by atoms with Gasteiger partial charge in [0.2, 0.25) is 0 Å². The second-order valence-electron chi connectivity index (χ2n) is 6.15. The van der Waals surface area contributed by atoms with Gasteiger partial charge in [-0.15, -0.1) is 5.10 Å². The zero-order valence-corrected chi connectivity index (χ0v) is 16.6. The normalized spacial score (nSPS) is 11.8. The van der Waals surface area contributed by atoms with Crippen LogP contribution < -0.4 is 10.5 Å². The third-order valence-corrected chi connectivity index (χ3v) is 4.84. The topological polar surface area (TPSA) is 60.0 Å². The van der Waals surface area contributed by atoms with Crippen LogP contribution in [0.5, 0.6) is 5.75 Å². The van der Waals surface area contributed by atoms with Gasteiger partial charge in [-0.1, -0.05) is 66.4 Å². The fourth-order valence-corrected chi connectivity index (χ4v) is 3.09. The lowest BCUT2D eigenvalue weighted by atomic mass is 10.1. The maximum Gasteiger partial charge on any atom is 0.194 e. The molecule has 0 bridgehead atoms. The first-order valence-electron chi connectivity index (χ1n) is 8.91. The van der Waals surface area contributed by atoms with Crippen molar-refractivity contribution in [1.82, 2.24) is 0 Å². The van der Waals surface area contributed by atoms with Crippen molar-refractivity contribution < 1.29 is 17.9 Å². The molecule has 4 nitrogen and oxygen atoms in total. The van der Waals surface area contributed by atoms with Gasteiger partial charge < -0.3 is 10.5 Å². The third kappa shape index (κ3) is 6.12. The van der Waals surface area contributed by atoms with Crippen molar-refractivity contribution in [3.63, 3.8) is 0 Å². The molecule has 0 saturated carbocycles. The van der Waals surface area contributed by atoms with E-state index in [0.717, 1.165) is 17.7 Å². The van der Waals surface area contributed by atoms with Gasteiger partial charge in [0, 0.05) is 23.4 Å². The highest BCUT2D eigenvalue weighted by Gasteiger charge is 2.11. The Morgan fingerprint density at radius 1 is 0.967 bits per heavy atom. The van der Waals surface area contributed by atoms with Crippen molar-refractivity contribution >= 4 is 23.1 Å². The first-order chi connectivity index (χ1) is 14.5. The van der Waals surface area contributed by atoms with Crippen molar-refractivity contribution in [3.05, 3.63) is 101 Å². The number of nitrogens with zero attached hydrogens (tertiary/aromatic N) is 2. The Morgan fingerprint density at radius 2 is 1.63 bits per heavy atom. The Labute approximate surface area is 176 Å². The molecular weight excluding hydrogens is 411 g/mol. The lowest BCUT2D eigenvalue weighted by molar-refractivity contribution is 0.299. The highest BCUT2D eigenvalue weighted by atomic mass is 32.2. The summed E-state index contributed by atoms with van der Waals surface area (Å²) in [6, 6.07) is 18.6. The molecule has 0 radical (unpaired) electrons. The molecule has 0 aliphatic rings. The summed E-state index contributed by atoms with van der Waals surface area (Å²) in [6.07, 6.45) is 1.51. The van der Waals surface area contributed by atoms with Crippen molar-refractivity contribution in [3.8, 4) is 5.75 Å². The number of hydrogen-bond acceptors (Lipinski definition) is 4. The molecule has 3 aromatic carbocycles. The van der Waals surface area contributed by atoms with Crippen LogP contribution in [0.25, 0.3) is 0 Å². The summed E-state index contributed by atoms with van der Waals surface area (Å²) in [6.45, 7) is 0.00859. The summed E-state index contributed by atoms with van der Waals surface area (Å²) in [5.74, 6) is -3.58. The molecule has 0 unspecified atom stereocenters. The van der Waals surface area contributed by atoms with Gasteiger partial charge in [0.15, 0.2) is 22.6 Å². The average Bonchev–Trinajstić information content (AvgIpc) is 2.76. The van der Waals surface area contributed by atoms with Gasteiger partial charge in [0.1, 0.15) is 12.4 Å². The Bertz CT molecular complexity index is 1040. The van der Waals surface area contributed by atoms with Gasteiger partial charge in [-0.3, -0.25) is 0 Å². The molecule has 154 valence electrons. The van der Waals surface area contributed by atoms with E-state index in [9.17, 15) is 13.2 Å². The van der Waals surface area contributed by atoms with E-state index in [4.69, 9.17) is 10.5 Å². The number of ether oxygens (including phenoxy) is 1. The molecular formula is C22H18F3N3OS. The predicted octanol–water partition coefficient (Wildman–Crippen LogP) is 5.26. The zero-order chi connectivity index (χ0) is 21.3. The maximum absolute atomic E-state index is 13.3. The zero-order valence-electron chi connectivity index (χ0n) is 15.8. The fourth-order valence-electron chi connectivity index (χ4n) is 2.48. The molecule has 0 atom stereocenters. The number of benzene rings is 3. The number of hydrogen-bond donors (Lipinski definition) is 1. The van der Waals surface area contributed by atoms with E-state index in [0.29, 0.717) is 22.0 Å². The van der Waals surface area contributed by atoms with Crippen LogP contribution in [0.15, 0.2) is 76.9 Å². The molecule has 2 N–H and O–H groups in total. The Hall–Kier alpha value is -3.26. The van der Waals surface area contributed by atoms with Crippen molar-refractivity contribution in [2.75, 3.05) is 0 Å². The number of nitrogens with two attached hydrogens (primary N) is 1. The quantitative estimate of drug-likeness (QED) is 0.241. The minimum absolute atomic E-state index is 0.00859. The van der Waals surface area contributed by atoms with Crippen LogP contribution in [0.2, 0.25) is 0 Å². The number of halogens is 3. The van der Waals surface area contributed by atoms with Crippen LogP contribution in [-0.2, 0) is 12.4 Å². The van der Waals surface area contributed by atoms with Crippen molar-refractivity contribution in [2.24, 2.45) is 15.9 Å². The summed E-state index contributed by atoms with van der Waals surface area (Å²) >= 11 is 1.37. The van der Waals surface area contributed by atoms with Crippen LogP contribution in [0, 0.1) is 17.5 Å². The van der Waals surface area contributed by atoms with E-state index >= 15 is 0 Å². The molecule has 0 heterocycles. The molecule has 0 aliphatic carbocycles. The molecule has 0 spiro atoms. The lowest BCUT2D eigenvalue weighted by Crippen LogP contribution is -2.06. The molecule has 3 rings (SSSR count). The van der Waals surface area contributed by atoms with Crippen LogP contribution in [0.3, 0.4) is 0 Å². The number of amidine groups is 1. The second-order valence-corrected chi connectivity index (χ2v) is 7.14. The Kier molecular flexibility index (Phi) is 7.51. The Balaban J connectivity index is 1.62. The SMILES string of the molecule is NC(=NN=Cc1ccccc1COc1cc(F)c(F)c(F)c1)SCc1ccccc1. The van der Waals surface area contributed by atoms with Gasteiger partial charge in [0.05, 0.1) is 6.21 Å². The van der Waals surface area contributed by atoms with Gasteiger partial charge in [0.25, 0.3) is 0 Å². The van der Waals surface area contributed by atoms with Gasteiger partial charge in [-0.2, -0.15) is 5.10 Å². The largest absolute Gasteiger partial charge is 0.489 e. The van der Waals surface area contributed by atoms with Crippen LogP contribution in [0.1, 0.15) is 16.7 Å². The van der Waals surface area contributed by atoms with Crippen LogP contribution in [0.4, 0.5) is 13.2 Å². The van der Waals surface area contributed by atoms with E-state index in [1.807, 2.05) is 30.3 Å². The molecule has 8 heteroatoms.